The van der Waals surface area contributed by atoms with Gasteiger partial charge in [-0.25, -0.2) is 19.3 Å². The van der Waals surface area contributed by atoms with E-state index in [9.17, 15) is 4.39 Å². The molecule has 0 saturated heterocycles. The molecule has 0 atom stereocenters. The molecule has 0 unspecified atom stereocenters. The number of rotatable bonds is 3. The highest BCUT2D eigenvalue weighted by molar-refractivity contribution is 5.29. The third-order valence-electron chi connectivity index (χ3n) is 3.59. The van der Waals surface area contributed by atoms with Crippen LogP contribution < -0.4 is 4.90 Å². The van der Waals surface area contributed by atoms with Crippen LogP contribution in [0.1, 0.15) is 11.5 Å². The minimum Gasteiger partial charge on any atom is -0.339 e. The van der Waals surface area contributed by atoms with Gasteiger partial charge < -0.3 is 14.4 Å². The summed E-state index contributed by atoms with van der Waals surface area (Å²) in [6, 6.07) is 0. The zero-order valence-corrected chi connectivity index (χ0v) is 12.3. The molecule has 0 spiro atoms. The Morgan fingerprint density at radius 1 is 1.10 bits per heavy atom. The van der Waals surface area contributed by atoms with Crippen molar-refractivity contribution in [2.24, 2.45) is 0 Å². The van der Waals surface area contributed by atoms with E-state index in [0.717, 1.165) is 38.4 Å². The molecule has 0 aliphatic carbocycles. The van der Waals surface area contributed by atoms with Crippen molar-refractivity contribution in [2.45, 2.75) is 19.5 Å². The first-order valence-electron chi connectivity index (χ1n) is 7.04. The highest BCUT2D eigenvalue weighted by Crippen LogP contribution is 2.15. The van der Waals surface area contributed by atoms with Gasteiger partial charge in [-0.3, -0.25) is 0 Å². The molecule has 0 saturated carbocycles. The molecule has 21 heavy (non-hydrogen) atoms. The second-order valence-corrected chi connectivity index (χ2v) is 5.49. The fourth-order valence-electron chi connectivity index (χ4n) is 2.61. The summed E-state index contributed by atoms with van der Waals surface area (Å²) in [4.78, 5) is 16.9. The largest absolute Gasteiger partial charge is 0.339 e. The number of anilines is 1. The number of hydrogen-bond acceptors (Lipinski definition) is 5. The molecule has 7 heteroatoms. The Morgan fingerprint density at radius 2 is 1.86 bits per heavy atom. The minimum absolute atomic E-state index is 0.408. The van der Waals surface area contributed by atoms with Crippen molar-refractivity contribution in [2.75, 3.05) is 32.1 Å². The number of fused-ring (bicyclic) bond motifs is 1. The molecule has 2 aromatic heterocycles. The van der Waals surface area contributed by atoms with Crippen LogP contribution in [0, 0.1) is 5.82 Å². The van der Waals surface area contributed by atoms with Crippen LogP contribution in [0.25, 0.3) is 0 Å². The molecule has 3 heterocycles. The lowest BCUT2D eigenvalue weighted by atomic mass is 10.4. The van der Waals surface area contributed by atoms with Gasteiger partial charge in [0, 0.05) is 38.8 Å². The van der Waals surface area contributed by atoms with E-state index in [-0.39, 0.29) is 0 Å². The van der Waals surface area contributed by atoms with Crippen molar-refractivity contribution in [1.29, 1.82) is 0 Å². The van der Waals surface area contributed by atoms with E-state index in [2.05, 4.69) is 43.4 Å². The molecule has 3 rings (SSSR count). The number of halogens is 1. The lowest BCUT2D eigenvalue weighted by molar-refractivity contribution is 0.387. The van der Waals surface area contributed by atoms with Crippen LogP contribution in [0.3, 0.4) is 0 Å². The van der Waals surface area contributed by atoms with Gasteiger partial charge in [0.15, 0.2) is 5.82 Å². The van der Waals surface area contributed by atoms with E-state index >= 15 is 0 Å². The molecule has 0 aromatic carbocycles. The van der Waals surface area contributed by atoms with Gasteiger partial charge in [0.25, 0.3) is 0 Å². The standard InChI is InChI=1S/C14H19FN6/c1-19(2)10-12-9-16-13-3-4-20(5-6-21(12)13)14-17-7-11(15)8-18-14/h7-9H,3-6,10H2,1-2H3. The van der Waals surface area contributed by atoms with Gasteiger partial charge >= 0.3 is 0 Å². The maximum atomic E-state index is 12.9. The molecular formula is C14H19FN6. The van der Waals surface area contributed by atoms with E-state index in [0.29, 0.717) is 5.95 Å². The number of imidazole rings is 1. The van der Waals surface area contributed by atoms with Crippen LogP contribution in [0.4, 0.5) is 10.3 Å². The third-order valence-corrected chi connectivity index (χ3v) is 3.59. The molecule has 112 valence electrons. The van der Waals surface area contributed by atoms with Crippen molar-refractivity contribution in [3.05, 3.63) is 35.9 Å². The van der Waals surface area contributed by atoms with Crippen molar-refractivity contribution in [3.8, 4) is 0 Å². The molecule has 6 nitrogen and oxygen atoms in total. The van der Waals surface area contributed by atoms with Crippen molar-refractivity contribution in [3.63, 3.8) is 0 Å². The second kappa shape index (κ2) is 5.77. The molecule has 1 aliphatic rings. The zero-order chi connectivity index (χ0) is 14.8. The smallest absolute Gasteiger partial charge is 0.225 e. The van der Waals surface area contributed by atoms with Gasteiger partial charge in [-0.15, -0.1) is 0 Å². The topological polar surface area (TPSA) is 50.1 Å². The summed E-state index contributed by atoms with van der Waals surface area (Å²) < 4.78 is 15.2. The molecule has 0 amide bonds. The zero-order valence-electron chi connectivity index (χ0n) is 12.3. The Bertz CT molecular complexity index is 606. The van der Waals surface area contributed by atoms with Crippen LogP contribution in [0.5, 0.6) is 0 Å². The molecule has 0 N–H and O–H groups in total. The minimum atomic E-state index is -0.408. The second-order valence-electron chi connectivity index (χ2n) is 5.49. The summed E-state index contributed by atoms with van der Waals surface area (Å²) in [7, 11) is 4.10. The van der Waals surface area contributed by atoms with E-state index in [1.165, 1.54) is 18.1 Å². The quantitative estimate of drug-likeness (QED) is 0.842. The molecule has 0 radical (unpaired) electrons. The first-order chi connectivity index (χ1) is 10.1. The summed E-state index contributed by atoms with van der Waals surface area (Å²) in [6.45, 7) is 3.32. The van der Waals surface area contributed by atoms with Crippen LogP contribution in [-0.4, -0.2) is 51.6 Å². The van der Waals surface area contributed by atoms with Gasteiger partial charge in [0.1, 0.15) is 5.82 Å². The Hall–Kier alpha value is -2.02. The van der Waals surface area contributed by atoms with Gasteiger partial charge in [-0.05, 0) is 14.1 Å². The summed E-state index contributed by atoms with van der Waals surface area (Å²) in [6.07, 6.45) is 5.22. The van der Waals surface area contributed by atoms with E-state index in [1.54, 1.807) is 0 Å². The molecular weight excluding hydrogens is 271 g/mol. The van der Waals surface area contributed by atoms with Crippen molar-refractivity contribution in [1.82, 2.24) is 24.4 Å². The monoisotopic (exact) mass is 290 g/mol. The number of nitrogens with zero attached hydrogens (tertiary/aromatic N) is 6. The van der Waals surface area contributed by atoms with E-state index in [4.69, 9.17) is 0 Å². The lowest BCUT2D eigenvalue weighted by Gasteiger charge is -2.19. The Labute approximate surface area is 123 Å². The normalized spacial score (nSPS) is 15.1. The Balaban J connectivity index is 1.76. The molecule has 0 bridgehead atoms. The predicted molar refractivity (Wildman–Crippen MR) is 77.5 cm³/mol. The average Bonchev–Trinajstić information content (AvgIpc) is 2.70. The number of aromatic nitrogens is 4. The SMILES string of the molecule is CN(C)Cc1cnc2n1CCN(c1ncc(F)cn1)CC2. The van der Waals surface area contributed by atoms with Gasteiger partial charge in [0.2, 0.25) is 5.95 Å². The van der Waals surface area contributed by atoms with Gasteiger partial charge in [-0.2, -0.15) is 0 Å². The van der Waals surface area contributed by atoms with Gasteiger partial charge in [0.05, 0.1) is 18.1 Å². The maximum Gasteiger partial charge on any atom is 0.225 e. The lowest BCUT2D eigenvalue weighted by Crippen LogP contribution is -2.28. The van der Waals surface area contributed by atoms with Crippen LogP contribution >= 0.6 is 0 Å². The molecule has 2 aromatic rings. The van der Waals surface area contributed by atoms with E-state index < -0.39 is 5.82 Å². The maximum absolute atomic E-state index is 12.9. The van der Waals surface area contributed by atoms with Crippen LogP contribution in [-0.2, 0) is 19.5 Å². The molecule has 1 aliphatic heterocycles. The third kappa shape index (κ3) is 3.02. The summed E-state index contributed by atoms with van der Waals surface area (Å²) in [5.74, 6) is 1.27. The highest BCUT2D eigenvalue weighted by atomic mass is 19.1. The van der Waals surface area contributed by atoms with Gasteiger partial charge in [-0.1, -0.05) is 0 Å². The average molecular weight is 290 g/mol. The van der Waals surface area contributed by atoms with E-state index in [1.807, 2.05) is 6.20 Å². The first kappa shape index (κ1) is 13.9. The summed E-state index contributed by atoms with van der Waals surface area (Å²) >= 11 is 0. The highest BCUT2D eigenvalue weighted by Gasteiger charge is 2.19. The Morgan fingerprint density at radius 3 is 2.57 bits per heavy atom. The summed E-state index contributed by atoms with van der Waals surface area (Å²) in [5, 5.41) is 0. The molecule has 0 fully saturated rings. The van der Waals surface area contributed by atoms with Crippen molar-refractivity contribution >= 4 is 5.95 Å². The number of hydrogen-bond donors (Lipinski definition) is 0. The fraction of sp³-hybridized carbons (Fsp3) is 0.500. The van der Waals surface area contributed by atoms with Crippen molar-refractivity contribution < 1.29 is 4.39 Å². The summed E-state index contributed by atoms with van der Waals surface area (Å²) in [5.41, 5.74) is 1.22. The van der Waals surface area contributed by atoms with Crippen LogP contribution in [0.15, 0.2) is 18.6 Å². The van der Waals surface area contributed by atoms with Crippen LogP contribution in [0.2, 0.25) is 0 Å². The fourth-order valence-corrected chi connectivity index (χ4v) is 2.61. The predicted octanol–water partition coefficient (Wildman–Crippen LogP) is 0.936. The first-order valence-corrected chi connectivity index (χ1v) is 7.04. The Kier molecular flexibility index (Phi) is 3.83.